The first-order valence-corrected chi connectivity index (χ1v) is 5.41. The molecule has 2 nitrogen and oxygen atoms in total. The minimum Gasteiger partial charge on any atom is -0.385 e. The zero-order valence-electron chi connectivity index (χ0n) is 8.91. The second-order valence-electron chi connectivity index (χ2n) is 4.65. The van der Waals surface area contributed by atoms with Gasteiger partial charge in [-0.1, -0.05) is 12.8 Å². The van der Waals surface area contributed by atoms with Crippen LogP contribution in [0.25, 0.3) is 0 Å². The Morgan fingerprint density at radius 1 is 1.53 bits per heavy atom. The van der Waals surface area contributed by atoms with Crippen LogP contribution in [0.3, 0.4) is 0 Å². The highest BCUT2D eigenvalue weighted by molar-refractivity contribution is 5.17. The first kappa shape index (κ1) is 10.6. The van der Waals surface area contributed by atoms with Crippen molar-refractivity contribution >= 4 is 0 Å². The minimum atomic E-state index is -0.947. The fraction of sp³-hybridized carbons (Fsp3) is 0.583. The van der Waals surface area contributed by atoms with Crippen LogP contribution in [0.15, 0.2) is 18.5 Å². The van der Waals surface area contributed by atoms with Crippen LogP contribution in [-0.2, 0) is 5.60 Å². The van der Waals surface area contributed by atoms with E-state index in [0.717, 1.165) is 18.5 Å². The number of hydrogen-bond acceptors (Lipinski definition) is 2. The maximum Gasteiger partial charge on any atom is 0.141 e. The summed E-state index contributed by atoms with van der Waals surface area (Å²) in [5.74, 6) is 0.386. The fourth-order valence-electron chi connectivity index (χ4n) is 1.74. The summed E-state index contributed by atoms with van der Waals surface area (Å²) < 4.78 is 12.9. The molecular formula is C12H16FNO. The predicted octanol–water partition coefficient (Wildman–Crippen LogP) is 2.62. The Morgan fingerprint density at radius 3 is 2.87 bits per heavy atom. The molecule has 1 heterocycles. The van der Waals surface area contributed by atoms with Crippen LogP contribution in [-0.4, -0.2) is 10.1 Å². The molecule has 3 heteroatoms. The van der Waals surface area contributed by atoms with Crippen molar-refractivity contribution in [1.82, 2.24) is 4.98 Å². The van der Waals surface area contributed by atoms with Crippen molar-refractivity contribution in [3.8, 4) is 0 Å². The molecule has 1 aromatic rings. The molecule has 1 fully saturated rings. The molecule has 0 bridgehead atoms. The molecule has 0 aliphatic heterocycles. The number of pyridine rings is 1. The summed E-state index contributed by atoms with van der Waals surface area (Å²) in [6, 6.07) is 1.36. The van der Waals surface area contributed by atoms with E-state index in [1.54, 1.807) is 6.92 Å². The van der Waals surface area contributed by atoms with E-state index >= 15 is 0 Å². The highest BCUT2D eigenvalue weighted by Crippen LogP contribution is 2.37. The third-order valence-corrected chi connectivity index (χ3v) is 3.06. The Labute approximate surface area is 89.2 Å². The molecule has 0 saturated heterocycles. The van der Waals surface area contributed by atoms with E-state index in [-0.39, 0.29) is 5.82 Å². The molecule has 1 N–H and O–H groups in total. The van der Waals surface area contributed by atoms with Crippen LogP contribution < -0.4 is 0 Å². The number of nitrogens with zero attached hydrogens (tertiary/aromatic N) is 1. The Morgan fingerprint density at radius 2 is 2.27 bits per heavy atom. The zero-order chi connectivity index (χ0) is 10.9. The minimum absolute atomic E-state index is 0.390. The van der Waals surface area contributed by atoms with Gasteiger partial charge in [0.05, 0.1) is 11.8 Å². The lowest BCUT2D eigenvalue weighted by atomic mass is 9.91. The molecule has 1 aromatic heterocycles. The number of halogens is 1. The Kier molecular flexibility index (Phi) is 2.74. The number of aliphatic hydroxyl groups is 1. The normalized spacial score (nSPS) is 19.9. The van der Waals surface area contributed by atoms with Gasteiger partial charge >= 0.3 is 0 Å². The van der Waals surface area contributed by atoms with Crippen molar-refractivity contribution in [2.45, 2.75) is 38.2 Å². The smallest absolute Gasteiger partial charge is 0.141 e. The molecule has 0 aromatic carbocycles. The topological polar surface area (TPSA) is 33.1 Å². The van der Waals surface area contributed by atoms with Gasteiger partial charge in [0.2, 0.25) is 0 Å². The van der Waals surface area contributed by atoms with Crippen LogP contribution in [0.2, 0.25) is 0 Å². The van der Waals surface area contributed by atoms with E-state index < -0.39 is 5.60 Å². The number of rotatable bonds is 4. The van der Waals surface area contributed by atoms with E-state index in [2.05, 4.69) is 4.98 Å². The van der Waals surface area contributed by atoms with Gasteiger partial charge in [0.1, 0.15) is 5.82 Å². The molecule has 0 amide bonds. The summed E-state index contributed by atoms with van der Waals surface area (Å²) in [6.45, 7) is 1.73. The second-order valence-corrected chi connectivity index (χ2v) is 4.65. The molecular weight excluding hydrogens is 193 g/mol. The lowest BCUT2D eigenvalue weighted by Gasteiger charge is -2.23. The average Bonchev–Trinajstić information content (AvgIpc) is 2.98. The van der Waals surface area contributed by atoms with Gasteiger partial charge in [-0.05, 0) is 31.7 Å². The third-order valence-electron chi connectivity index (χ3n) is 3.06. The van der Waals surface area contributed by atoms with Gasteiger partial charge in [0, 0.05) is 11.8 Å². The molecule has 82 valence electrons. The Balaban J connectivity index is 2.05. The predicted molar refractivity (Wildman–Crippen MR) is 55.7 cm³/mol. The monoisotopic (exact) mass is 209 g/mol. The lowest BCUT2D eigenvalue weighted by Crippen LogP contribution is -2.21. The average molecular weight is 209 g/mol. The summed E-state index contributed by atoms with van der Waals surface area (Å²) in [5.41, 5.74) is -0.374. The van der Waals surface area contributed by atoms with E-state index in [4.69, 9.17) is 0 Å². The molecule has 0 spiro atoms. The highest BCUT2D eigenvalue weighted by Gasteiger charge is 2.28. The summed E-state index contributed by atoms with van der Waals surface area (Å²) >= 11 is 0. The Hall–Kier alpha value is -0.960. The van der Waals surface area contributed by atoms with E-state index in [1.165, 1.54) is 25.1 Å². The summed E-state index contributed by atoms with van der Waals surface area (Å²) in [7, 11) is 0. The lowest BCUT2D eigenvalue weighted by molar-refractivity contribution is 0.0433. The van der Waals surface area contributed by atoms with E-state index in [0.29, 0.717) is 12.0 Å². The van der Waals surface area contributed by atoms with Gasteiger partial charge in [-0.15, -0.1) is 0 Å². The van der Waals surface area contributed by atoms with Gasteiger partial charge in [-0.3, -0.25) is 4.98 Å². The largest absolute Gasteiger partial charge is 0.385 e. The van der Waals surface area contributed by atoms with E-state index in [9.17, 15) is 9.50 Å². The second kappa shape index (κ2) is 3.89. The van der Waals surface area contributed by atoms with Crippen LogP contribution in [0.5, 0.6) is 0 Å². The molecule has 15 heavy (non-hydrogen) atoms. The van der Waals surface area contributed by atoms with Gasteiger partial charge in [-0.2, -0.15) is 0 Å². The summed E-state index contributed by atoms with van der Waals surface area (Å²) in [6.07, 6.45) is 6.94. The van der Waals surface area contributed by atoms with E-state index in [1.807, 2.05) is 0 Å². The summed E-state index contributed by atoms with van der Waals surface area (Å²) in [5, 5.41) is 10.2. The first-order valence-electron chi connectivity index (χ1n) is 5.41. The van der Waals surface area contributed by atoms with Crippen LogP contribution in [0.4, 0.5) is 4.39 Å². The SMILES string of the molecule is CC(O)(CCC1CC1)c1cncc(F)c1. The van der Waals surface area contributed by atoms with Crippen molar-refractivity contribution in [3.05, 3.63) is 29.8 Å². The molecule has 1 atom stereocenters. The summed E-state index contributed by atoms with van der Waals surface area (Å²) in [4.78, 5) is 3.76. The zero-order valence-corrected chi connectivity index (χ0v) is 8.91. The van der Waals surface area contributed by atoms with Crippen molar-refractivity contribution in [2.75, 3.05) is 0 Å². The fourth-order valence-corrected chi connectivity index (χ4v) is 1.74. The van der Waals surface area contributed by atoms with Crippen molar-refractivity contribution in [2.24, 2.45) is 5.92 Å². The van der Waals surface area contributed by atoms with Gasteiger partial charge < -0.3 is 5.11 Å². The van der Waals surface area contributed by atoms with Crippen LogP contribution >= 0.6 is 0 Å². The van der Waals surface area contributed by atoms with Gasteiger partial charge in [-0.25, -0.2) is 4.39 Å². The van der Waals surface area contributed by atoms with Crippen LogP contribution in [0.1, 0.15) is 38.2 Å². The molecule has 1 saturated carbocycles. The number of aromatic nitrogens is 1. The maximum atomic E-state index is 12.9. The molecule has 1 aliphatic rings. The van der Waals surface area contributed by atoms with Crippen molar-refractivity contribution < 1.29 is 9.50 Å². The van der Waals surface area contributed by atoms with Gasteiger partial charge in [0.15, 0.2) is 0 Å². The number of hydrogen-bond donors (Lipinski definition) is 1. The maximum absolute atomic E-state index is 12.9. The third kappa shape index (κ3) is 2.75. The van der Waals surface area contributed by atoms with Crippen molar-refractivity contribution in [3.63, 3.8) is 0 Å². The highest BCUT2D eigenvalue weighted by atomic mass is 19.1. The van der Waals surface area contributed by atoms with Crippen LogP contribution in [0, 0.1) is 11.7 Å². The molecule has 2 rings (SSSR count). The molecule has 0 radical (unpaired) electrons. The first-order chi connectivity index (χ1) is 7.08. The van der Waals surface area contributed by atoms with Gasteiger partial charge in [0.25, 0.3) is 0 Å². The quantitative estimate of drug-likeness (QED) is 0.826. The Bertz CT molecular complexity index is 347. The standard InChI is InChI=1S/C12H16FNO/c1-12(15,5-4-9-2-3-9)10-6-11(13)8-14-7-10/h6-9,15H,2-5H2,1H3. The van der Waals surface area contributed by atoms with Crippen molar-refractivity contribution in [1.29, 1.82) is 0 Å². The molecule has 1 aliphatic carbocycles. The molecule has 1 unspecified atom stereocenters.